The van der Waals surface area contributed by atoms with Crippen molar-refractivity contribution in [3.63, 3.8) is 0 Å². The topological polar surface area (TPSA) is 52.9 Å². The summed E-state index contributed by atoms with van der Waals surface area (Å²) in [5, 5.41) is 1.10. The van der Waals surface area contributed by atoms with Crippen molar-refractivity contribution in [3.05, 3.63) is 170 Å². The molecule has 6 aromatic carbocycles. The number of aromatic nitrogens is 6. The average Bonchev–Trinajstić information content (AvgIpc) is 3.81. The minimum absolute atomic E-state index is 0.675. The second-order valence-corrected chi connectivity index (χ2v) is 12.2. The van der Waals surface area contributed by atoms with E-state index in [0.717, 1.165) is 78.3 Å². The lowest BCUT2D eigenvalue weighted by Crippen LogP contribution is -1.99. The molecule has 49 heavy (non-hydrogen) atoms. The van der Waals surface area contributed by atoms with Crippen LogP contribution in [0.5, 0.6) is 0 Å². The van der Waals surface area contributed by atoms with Crippen molar-refractivity contribution in [2.75, 3.05) is 0 Å². The molecular weight excluding hydrogens is 601 g/mol. The number of nitrogens with zero attached hydrogens (tertiary/aromatic N) is 6. The Labute approximate surface area is 281 Å². The molecule has 0 saturated heterocycles. The summed E-state index contributed by atoms with van der Waals surface area (Å²) in [6.45, 7) is 0. The number of para-hydroxylation sites is 4. The first-order chi connectivity index (χ1) is 24.3. The zero-order chi connectivity index (χ0) is 32.3. The number of fused-ring (bicyclic) bond motifs is 7. The first-order valence-corrected chi connectivity index (χ1v) is 16.4. The van der Waals surface area contributed by atoms with E-state index in [0.29, 0.717) is 5.82 Å². The van der Waals surface area contributed by atoms with Crippen molar-refractivity contribution in [1.29, 1.82) is 0 Å². The predicted octanol–water partition coefficient (Wildman–Crippen LogP) is 10.2. The van der Waals surface area contributed by atoms with Crippen LogP contribution in [0.4, 0.5) is 0 Å². The number of imidazole rings is 2. The van der Waals surface area contributed by atoms with Gasteiger partial charge in [0.15, 0.2) is 11.5 Å². The molecule has 0 amide bonds. The average molecular weight is 629 g/mol. The number of hydrogen-bond acceptors (Lipinski definition) is 3. The minimum atomic E-state index is 0.675. The van der Waals surface area contributed by atoms with Gasteiger partial charge in [0.25, 0.3) is 0 Å². The van der Waals surface area contributed by atoms with Gasteiger partial charge in [0.2, 0.25) is 5.78 Å². The van der Waals surface area contributed by atoms with Gasteiger partial charge in [-0.05, 0) is 48.5 Å². The second-order valence-electron chi connectivity index (χ2n) is 12.2. The molecule has 0 atom stereocenters. The summed E-state index contributed by atoms with van der Waals surface area (Å²) in [5.41, 5.74) is 12.1. The van der Waals surface area contributed by atoms with E-state index in [9.17, 15) is 0 Å². The van der Waals surface area contributed by atoms with Gasteiger partial charge in [-0.25, -0.2) is 15.0 Å². The van der Waals surface area contributed by atoms with Crippen LogP contribution < -0.4 is 0 Å². The van der Waals surface area contributed by atoms with Crippen LogP contribution in [0.3, 0.4) is 0 Å². The van der Waals surface area contributed by atoms with Gasteiger partial charge in [0.1, 0.15) is 5.52 Å². The molecule has 6 heteroatoms. The number of hydrogen-bond donors (Lipinski definition) is 0. The predicted molar refractivity (Wildman–Crippen MR) is 198 cm³/mol. The van der Waals surface area contributed by atoms with Crippen molar-refractivity contribution in [2.45, 2.75) is 0 Å². The third-order valence-corrected chi connectivity index (χ3v) is 9.25. The lowest BCUT2D eigenvalue weighted by Gasteiger charge is -2.12. The van der Waals surface area contributed by atoms with E-state index < -0.39 is 0 Å². The molecule has 0 aliphatic heterocycles. The van der Waals surface area contributed by atoms with Gasteiger partial charge in [0, 0.05) is 33.5 Å². The highest BCUT2D eigenvalue weighted by atomic mass is 15.3. The second kappa shape index (κ2) is 10.9. The van der Waals surface area contributed by atoms with Crippen LogP contribution in [-0.4, -0.2) is 28.5 Å². The molecule has 0 radical (unpaired) electrons. The van der Waals surface area contributed by atoms with Gasteiger partial charge < -0.3 is 0 Å². The maximum Gasteiger partial charge on any atom is 0.221 e. The Balaban J connectivity index is 1.24. The fraction of sp³-hybridized carbons (Fsp3) is 0. The highest BCUT2D eigenvalue weighted by Crippen LogP contribution is 2.37. The summed E-state index contributed by atoms with van der Waals surface area (Å²) in [5.74, 6) is 1.55. The largest absolute Gasteiger partial charge is 0.294 e. The van der Waals surface area contributed by atoms with Crippen LogP contribution in [0.1, 0.15) is 0 Å². The molecule has 4 aromatic heterocycles. The number of benzene rings is 6. The molecule has 4 heterocycles. The zero-order valence-electron chi connectivity index (χ0n) is 26.3. The van der Waals surface area contributed by atoms with Crippen LogP contribution in [0.2, 0.25) is 0 Å². The zero-order valence-corrected chi connectivity index (χ0v) is 26.3. The minimum Gasteiger partial charge on any atom is -0.294 e. The molecule has 0 saturated carbocycles. The van der Waals surface area contributed by atoms with E-state index in [1.54, 1.807) is 0 Å². The van der Waals surface area contributed by atoms with Crippen molar-refractivity contribution in [2.24, 2.45) is 0 Å². The lowest BCUT2D eigenvalue weighted by atomic mass is 10.1. The summed E-state index contributed by atoms with van der Waals surface area (Å²) in [6, 6.07) is 58.7. The van der Waals surface area contributed by atoms with E-state index in [1.165, 1.54) is 0 Å². The SMILES string of the molecule is c1ccc(-c2cc(-c3ccccc3)nc(-c3cccc(-n4c5ccccc5c5nc6n(-c7ccccc7)c7ccccc7n6c54)c3)n2)cc1. The van der Waals surface area contributed by atoms with Gasteiger partial charge in [-0.2, -0.15) is 0 Å². The monoisotopic (exact) mass is 628 g/mol. The fourth-order valence-corrected chi connectivity index (χ4v) is 7.06. The highest BCUT2D eigenvalue weighted by Gasteiger charge is 2.24. The maximum absolute atomic E-state index is 5.35. The fourth-order valence-electron chi connectivity index (χ4n) is 7.06. The molecule has 0 aliphatic rings. The van der Waals surface area contributed by atoms with Crippen molar-refractivity contribution in [3.8, 4) is 45.3 Å². The quantitative estimate of drug-likeness (QED) is 0.191. The summed E-state index contributed by atoms with van der Waals surface area (Å²) in [6.07, 6.45) is 0. The van der Waals surface area contributed by atoms with Crippen LogP contribution >= 0.6 is 0 Å². The van der Waals surface area contributed by atoms with Crippen LogP contribution in [0, 0.1) is 0 Å². The van der Waals surface area contributed by atoms with E-state index in [2.05, 4.69) is 141 Å². The van der Waals surface area contributed by atoms with Gasteiger partial charge in [-0.1, -0.05) is 121 Å². The van der Waals surface area contributed by atoms with Crippen molar-refractivity contribution < 1.29 is 0 Å². The van der Waals surface area contributed by atoms with Gasteiger partial charge in [-0.3, -0.25) is 13.5 Å². The Hall–Kier alpha value is -6.79. The molecular formula is C43H28N6. The molecule has 10 aromatic rings. The highest BCUT2D eigenvalue weighted by molar-refractivity contribution is 6.09. The van der Waals surface area contributed by atoms with E-state index in [4.69, 9.17) is 15.0 Å². The molecule has 0 fully saturated rings. The van der Waals surface area contributed by atoms with E-state index in [-0.39, 0.29) is 0 Å². The molecule has 0 spiro atoms. The Bertz CT molecular complexity index is 2750. The first-order valence-electron chi connectivity index (χ1n) is 16.4. The first kappa shape index (κ1) is 27.3. The van der Waals surface area contributed by atoms with Crippen molar-refractivity contribution in [1.82, 2.24) is 28.5 Å². The molecule has 10 rings (SSSR count). The molecule has 0 bridgehead atoms. The molecule has 0 aliphatic carbocycles. The van der Waals surface area contributed by atoms with Gasteiger partial charge in [0.05, 0.1) is 27.9 Å². The third-order valence-electron chi connectivity index (χ3n) is 9.25. The summed E-state index contributed by atoms with van der Waals surface area (Å²) in [4.78, 5) is 15.6. The number of rotatable bonds is 5. The van der Waals surface area contributed by atoms with Crippen LogP contribution in [0.25, 0.3) is 84.2 Å². The Morgan fingerprint density at radius 3 is 1.63 bits per heavy atom. The van der Waals surface area contributed by atoms with Crippen LogP contribution in [0.15, 0.2) is 170 Å². The van der Waals surface area contributed by atoms with Gasteiger partial charge in [-0.15, -0.1) is 0 Å². The maximum atomic E-state index is 5.35. The summed E-state index contributed by atoms with van der Waals surface area (Å²) >= 11 is 0. The standard InChI is InChI=1S/C43H28N6/c1-4-15-29(16-5-1)35-28-36(30-17-6-2-7-18-30)45-41(44-35)31-19-14-22-33(27-31)47-37-24-11-10-23-34(37)40-42(47)49-39-26-13-12-25-38(39)48(43(49)46-40)32-20-8-3-9-21-32/h1-28H. The third kappa shape index (κ3) is 4.31. The lowest BCUT2D eigenvalue weighted by molar-refractivity contribution is 1.08. The van der Waals surface area contributed by atoms with Gasteiger partial charge >= 0.3 is 0 Å². The molecule has 6 nitrogen and oxygen atoms in total. The smallest absolute Gasteiger partial charge is 0.221 e. The Kier molecular flexibility index (Phi) is 6.08. The van der Waals surface area contributed by atoms with E-state index in [1.807, 2.05) is 42.5 Å². The molecule has 0 unspecified atom stereocenters. The summed E-state index contributed by atoms with van der Waals surface area (Å²) in [7, 11) is 0. The van der Waals surface area contributed by atoms with E-state index >= 15 is 0 Å². The molecule has 230 valence electrons. The Morgan fingerprint density at radius 2 is 0.939 bits per heavy atom. The van der Waals surface area contributed by atoms with Crippen molar-refractivity contribution >= 4 is 38.9 Å². The normalized spacial score (nSPS) is 11.7. The Morgan fingerprint density at radius 1 is 0.388 bits per heavy atom. The summed E-state index contributed by atoms with van der Waals surface area (Å²) < 4.78 is 6.87. The molecule has 0 N–H and O–H groups in total. The van der Waals surface area contributed by atoms with Crippen LogP contribution in [-0.2, 0) is 0 Å².